The number of hydrogen-bond donors (Lipinski definition) is 2. The molecule has 0 amide bonds. The number of hydrogen-bond acceptors (Lipinski definition) is 3. The lowest BCUT2D eigenvalue weighted by atomic mass is 10.1. The average Bonchev–Trinajstić information content (AvgIpc) is 2.48. The van der Waals surface area contributed by atoms with E-state index in [1.54, 1.807) is 12.1 Å². The summed E-state index contributed by atoms with van der Waals surface area (Å²) < 4.78 is 6.07. The Kier molecular flexibility index (Phi) is 5.36. The predicted molar refractivity (Wildman–Crippen MR) is 84.4 cm³/mol. The van der Waals surface area contributed by atoms with Gasteiger partial charge in [0.25, 0.3) is 0 Å². The number of aliphatic carboxylic acids is 1. The maximum absolute atomic E-state index is 11.6. The highest BCUT2D eigenvalue weighted by atomic mass is 79.9. The first-order valence-corrected chi connectivity index (χ1v) is 7.24. The fourth-order valence-corrected chi connectivity index (χ4v) is 2.46. The zero-order valence-electron chi connectivity index (χ0n) is 11.5. The molecule has 0 heterocycles. The normalized spacial score (nSPS) is 11.9. The van der Waals surface area contributed by atoms with Gasteiger partial charge >= 0.3 is 5.97 Å². The molecular weight excluding hydrogens is 334 g/mol. The number of methoxy groups -OCH3 is 1. The van der Waals surface area contributed by atoms with Gasteiger partial charge in [0, 0.05) is 16.6 Å². The van der Waals surface area contributed by atoms with Gasteiger partial charge in [0.05, 0.1) is 7.11 Å². The standard InChI is InChI=1S/C16H16BrNO3/c1-21-14-8-7-12(17)9-13(14)15(16(19)20)18-10-11-5-3-2-4-6-11/h2-9,15,18H,10H2,1H3,(H,19,20). The number of nitrogens with one attached hydrogen (secondary N) is 1. The van der Waals surface area contributed by atoms with Crippen LogP contribution in [0.15, 0.2) is 53.0 Å². The van der Waals surface area contributed by atoms with Crippen molar-refractivity contribution in [3.63, 3.8) is 0 Å². The van der Waals surface area contributed by atoms with Crippen molar-refractivity contribution in [3.8, 4) is 5.75 Å². The van der Waals surface area contributed by atoms with Crippen LogP contribution in [-0.2, 0) is 11.3 Å². The van der Waals surface area contributed by atoms with Crippen molar-refractivity contribution >= 4 is 21.9 Å². The summed E-state index contributed by atoms with van der Waals surface area (Å²) in [7, 11) is 1.53. The second kappa shape index (κ2) is 7.24. The van der Waals surface area contributed by atoms with Gasteiger partial charge in [-0.3, -0.25) is 10.1 Å². The third-order valence-corrected chi connectivity index (χ3v) is 3.60. The third-order valence-electron chi connectivity index (χ3n) is 3.10. The van der Waals surface area contributed by atoms with Crippen LogP contribution in [0, 0.1) is 0 Å². The Morgan fingerprint density at radius 1 is 1.29 bits per heavy atom. The molecule has 1 unspecified atom stereocenters. The lowest BCUT2D eigenvalue weighted by Crippen LogP contribution is -2.28. The molecule has 0 saturated carbocycles. The summed E-state index contributed by atoms with van der Waals surface area (Å²) in [5.74, 6) is -0.395. The van der Waals surface area contributed by atoms with Gasteiger partial charge in [-0.15, -0.1) is 0 Å². The molecular formula is C16H16BrNO3. The third kappa shape index (κ3) is 4.06. The average molecular weight is 350 g/mol. The number of carboxylic acid groups (broad SMARTS) is 1. The smallest absolute Gasteiger partial charge is 0.325 e. The van der Waals surface area contributed by atoms with E-state index in [1.165, 1.54) is 7.11 Å². The molecule has 2 aromatic rings. The van der Waals surface area contributed by atoms with Gasteiger partial charge < -0.3 is 9.84 Å². The summed E-state index contributed by atoms with van der Waals surface area (Å²) in [6.45, 7) is 0.466. The predicted octanol–water partition coefficient (Wildman–Crippen LogP) is 3.37. The highest BCUT2D eigenvalue weighted by Crippen LogP contribution is 2.29. The van der Waals surface area contributed by atoms with Crippen LogP contribution in [-0.4, -0.2) is 18.2 Å². The van der Waals surface area contributed by atoms with Crippen molar-refractivity contribution in [2.45, 2.75) is 12.6 Å². The Bertz CT molecular complexity index is 616. The Balaban J connectivity index is 2.23. The molecule has 0 aliphatic rings. The molecule has 0 saturated heterocycles. The minimum Gasteiger partial charge on any atom is -0.496 e. The quantitative estimate of drug-likeness (QED) is 0.839. The largest absolute Gasteiger partial charge is 0.496 e. The molecule has 4 nitrogen and oxygen atoms in total. The Labute approximate surface area is 131 Å². The molecule has 2 N–H and O–H groups in total. The van der Waals surface area contributed by atoms with E-state index in [1.807, 2.05) is 36.4 Å². The van der Waals surface area contributed by atoms with Crippen molar-refractivity contribution in [2.75, 3.05) is 7.11 Å². The SMILES string of the molecule is COc1ccc(Br)cc1C(NCc1ccccc1)C(=O)O. The molecule has 0 aliphatic heterocycles. The monoisotopic (exact) mass is 349 g/mol. The van der Waals surface area contributed by atoms with E-state index in [2.05, 4.69) is 21.2 Å². The second-order valence-electron chi connectivity index (χ2n) is 4.52. The Hall–Kier alpha value is -1.85. The van der Waals surface area contributed by atoms with Crippen LogP contribution in [0.1, 0.15) is 17.2 Å². The van der Waals surface area contributed by atoms with E-state index in [0.717, 1.165) is 10.0 Å². The molecule has 0 fully saturated rings. The molecule has 21 heavy (non-hydrogen) atoms. The first-order chi connectivity index (χ1) is 10.1. The van der Waals surface area contributed by atoms with Crippen LogP contribution < -0.4 is 10.1 Å². The van der Waals surface area contributed by atoms with Crippen molar-refractivity contribution in [1.29, 1.82) is 0 Å². The van der Waals surface area contributed by atoms with Gasteiger partial charge in [-0.2, -0.15) is 0 Å². The van der Waals surface area contributed by atoms with Crippen molar-refractivity contribution in [1.82, 2.24) is 5.32 Å². The summed E-state index contributed by atoms with van der Waals surface area (Å²) in [4.78, 5) is 11.6. The number of carboxylic acids is 1. The maximum Gasteiger partial charge on any atom is 0.325 e. The summed E-state index contributed by atoms with van der Waals surface area (Å²) in [6, 6.07) is 14.2. The minimum absolute atomic E-state index is 0.466. The summed E-state index contributed by atoms with van der Waals surface area (Å²) in [5.41, 5.74) is 1.62. The van der Waals surface area contributed by atoms with E-state index in [-0.39, 0.29) is 0 Å². The van der Waals surface area contributed by atoms with E-state index >= 15 is 0 Å². The lowest BCUT2D eigenvalue weighted by Gasteiger charge is -2.18. The van der Waals surface area contributed by atoms with Gasteiger partial charge in [-0.05, 0) is 23.8 Å². The van der Waals surface area contributed by atoms with Crippen LogP contribution in [0.3, 0.4) is 0 Å². The molecule has 0 aromatic heterocycles. The fourth-order valence-electron chi connectivity index (χ4n) is 2.08. The van der Waals surface area contributed by atoms with Crippen molar-refractivity contribution < 1.29 is 14.6 Å². The highest BCUT2D eigenvalue weighted by molar-refractivity contribution is 9.10. The van der Waals surface area contributed by atoms with Crippen LogP contribution in [0.2, 0.25) is 0 Å². The Morgan fingerprint density at radius 3 is 2.62 bits per heavy atom. The molecule has 0 bridgehead atoms. The highest BCUT2D eigenvalue weighted by Gasteiger charge is 2.23. The number of carbonyl (C=O) groups is 1. The topological polar surface area (TPSA) is 58.6 Å². The number of benzene rings is 2. The molecule has 0 aliphatic carbocycles. The first kappa shape index (κ1) is 15.5. The first-order valence-electron chi connectivity index (χ1n) is 6.45. The van der Waals surface area contributed by atoms with Gasteiger partial charge in [-0.1, -0.05) is 46.3 Å². The molecule has 0 radical (unpaired) electrons. The summed E-state index contributed by atoms with van der Waals surface area (Å²) in [5, 5.41) is 12.5. The minimum atomic E-state index is -0.942. The molecule has 5 heteroatoms. The van der Waals surface area contributed by atoms with E-state index in [0.29, 0.717) is 17.9 Å². The van der Waals surface area contributed by atoms with E-state index < -0.39 is 12.0 Å². The molecule has 0 spiro atoms. The van der Waals surface area contributed by atoms with Crippen LogP contribution in [0.5, 0.6) is 5.75 Å². The fraction of sp³-hybridized carbons (Fsp3) is 0.188. The van der Waals surface area contributed by atoms with Gasteiger partial charge in [0.2, 0.25) is 0 Å². The van der Waals surface area contributed by atoms with Crippen molar-refractivity contribution in [2.24, 2.45) is 0 Å². The lowest BCUT2D eigenvalue weighted by molar-refractivity contribution is -0.139. The molecule has 1 atom stereocenters. The number of ether oxygens (including phenoxy) is 1. The van der Waals surface area contributed by atoms with Crippen LogP contribution in [0.4, 0.5) is 0 Å². The zero-order chi connectivity index (χ0) is 15.2. The number of halogens is 1. The zero-order valence-corrected chi connectivity index (χ0v) is 13.1. The summed E-state index contributed by atoms with van der Waals surface area (Å²) >= 11 is 3.36. The molecule has 2 aromatic carbocycles. The van der Waals surface area contributed by atoms with Gasteiger partial charge in [0.15, 0.2) is 0 Å². The Morgan fingerprint density at radius 2 is 2.00 bits per heavy atom. The maximum atomic E-state index is 11.6. The van der Waals surface area contributed by atoms with Crippen LogP contribution in [0.25, 0.3) is 0 Å². The van der Waals surface area contributed by atoms with Crippen LogP contribution >= 0.6 is 15.9 Å². The van der Waals surface area contributed by atoms with E-state index in [9.17, 15) is 9.90 Å². The molecule has 2 rings (SSSR count). The van der Waals surface area contributed by atoms with Gasteiger partial charge in [0.1, 0.15) is 11.8 Å². The van der Waals surface area contributed by atoms with E-state index in [4.69, 9.17) is 4.74 Å². The van der Waals surface area contributed by atoms with Gasteiger partial charge in [-0.25, -0.2) is 0 Å². The number of rotatable bonds is 6. The summed E-state index contributed by atoms with van der Waals surface area (Å²) in [6.07, 6.45) is 0. The molecule has 110 valence electrons. The second-order valence-corrected chi connectivity index (χ2v) is 5.44. The van der Waals surface area contributed by atoms with Crippen molar-refractivity contribution in [3.05, 3.63) is 64.1 Å².